The van der Waals surface area contributed by atoms with E-state index in [2.05, 4.69) is 34.0 Å². The topological polar surface area (TPSA) is 59.5 Å². The first-order valence-electron chi connectivity index (χ1n) is 9.43. The molecule has 27 heavy (non-hydrogen) atoms. The van der Waals surface area contributed by atoms with Crippen molar-refractivity contribution in [1.29, 1.82) is 0 Å². The predicted molar refractivity (Wildman–Crippen MR) is 109 cm³/mol. The SMILES string of the molecule is CCCOC(CC)Nc1cc(N2CCc3cc(OC)cc(Cl)c32)nc(C)n1. The number of aryl methyl sites for hydroxylation is 1. The van der Waals surface area contributed by atoms with Gasteiger partial charge in [0.05, 0.1) is 17.8 Å². The van der Waals surface area contributed by atoms with Gasteiger partial charge in [-0.3, -0.25) is 0 Å². The van der Waals surface area contributed by atoms with E-state index in [1.54, 1.807) is 7.11 Å². The van der Waals surface area contributed by atoms with Crippen molar-refractivity contribution in [3.05, 3.63) is 34.6 Å². The number of fused-ring (bicyclic) bond motifs is 1. The van der Waals surface area contributed by atoms with E-state index in [1.807, 2.05) is 25.1 Å². The molecule has 1 aliphatic heterocycles. The lowest BCUT2D eigenvalue weighted by Gasteiger charge is -2.22. The van der Waals surface area contributed by atoms with Gasteiger partial charge in [0, 0.05) is 25.3 Å². The third-order valence-electron chi connectivity index (χ3n) is 4.53. The maximum absolute atomic E-state index is 6.54. The molecule has 0 fully saturated rings. The van der Waals surface area contributed by atoms with Gasteiger partial charge in [-0.15, -0.1) is 0 Å². The Morgan fingerprint density at radius 2 is 2.07 bits per heavy atom. The Kier molecular flexibility index (Phi) is 6.39. The number of hydrogen-bond donors (Lipinski definition) is 1. The third-order valence-corrected chi connectivity index (χ3v) is 4.82. The van der Waals surface area contributed by atoms with Crippen molar-refractivity contribution in [3.63, 3.8) is 0 Å². The highest BCUT2D eigenvalue weighted by Gasteiger charge is 2.26. The largest absolute Gasteiger partial charge is 0.497 e. The maximum Gasteiger partial charge on any atom is 0.138 e. The summed E-state index contributed by atoms with van der Waals surface area (Å²) in [7, 11) is 1.65. The zero-order chi connectivity index (χ0) is 19.4. The lowest BCUT2D eigenvalue weighted by Crippen LogP contribution is -2.24. The molecule has 146 valence electrons. The van der Waals surface area contributed by atoms with Crippen molar-refractivity contribution in [2.75, 3.05) is 30.5 Å². The molecule has 6 nitrogen and oxygen atoms in total. The van der Waals surface area contributed by atoms with Gasteiger partial charge < -0.3 is 19.7 Å². The summed E-state index contributed by atoms with van der Waals surface area (Å²) < 4.78 is 11.2. The number of methoxy groups -OCH3 is 1. The van der Waals surface area contributed by atoms with Crippen LogP contribution in [0.4, 0.5) is 17.3 Å². The Balaban J connectivity index is 1.88. The minimum Gasteiger partial charge on any atom is -0.497 e. The van der Waals surface area contributed by atoms with Gasteiger partial charge in [0.1, 0.15) is 29.4 Å². The Morgan fingerprint density at radius 1 is 1.26 bits per heavy atom. The fourth-order valence-electron chi connectivity index (χ4n) is 3.26. The number of benzene rings is 1. The molecule has 0 amide bonds. The van der Waals surface area contributed by atoms with E-state index in [1.165, 1.54) is 5.56 Å². The first-order chi connectivity index (χ1) is 13.0. The van der Waals surface area contributed by atoms with Crippen LogP contribution >= 0.6 is 11.6 Å². The van der Waals surface area contributed by atoms with Crippen LogP contribution in [0.5, 0.6) is 5.75 Å². The summed E-state index contributed by atoms with van der Waals surface area (Å²) in [6, 6.07) is 5.85. The van der Waals surface area contributed by atoms with Crippen LogP contribution in [0.1, 0.15) is 38.1 Å². The second-order valence-corrected chi connectivity index (χ2v) is 7.00. The molecule has 2 heterocycles. The standard InChI is InChI=1S/C20H27ClN4O2/c1-5-9-27-19(6-2)24-17-12-18(23-13(3)22-17)25-8-7-14-10-15(26-4)11-16(21)20(14)25/h10-12,19H,5-9H2,1-4H3,(H,22,23,24). The van der Waals surface area contributed by atoms with Gasteiger partial charge in [-0.2, -0.15) is 0 Å². The quantitative estimate of drug-likeness (QED) is 0.658. The zero-order valence-corrected chi connectivity index (χ0v) is 17.1. The monoisotopic (exact) mass is 390 g/mol. The average Bonchev–Trinajstić information content (AvgIpc) is 3.09. The molecule has 0 aliphatic carbocycles. The molecule has 1 N–H and O–H groups in total. The number of anilines is 3. The van der Waals surface area contributed by atoms with Crippen molar-refractivity contribution in [1.82, 2.24) is 9.97 Å². The lowest BCUT2D eigenvalue weighted by molar-refractivity contribution is 0.0700. The summed E-state index contributed by atoms with van der Waals surface area (Å²) >= 11 is 6.54. The van der Waals surface area contributed by atoms with E-state index < -0.39 is 0 Å². The maximum atomic E-state index is 6.54. The van der Waals surface area contributed by atoms with E-state index >= 15 is 0 Å². The van der Waals surface area contributed by atoms with Gasteiger partial charge in [-0.25, -0.2) is 9.97 Å². The third kappa shape index (κ3) is 4.45. The van der Waals surface area contributed by atoms with Crippen LogP contribution in [0.2, 0.25) is 5.02 Å². The van der Waals surface area contributed by atoms with Gasteiger partial charge in [0.25, 0.3) is 0 Å². The first kappa shape index (κ1) is 19.7. The van der Waals surface area contributed by atoms with Crippen molar-refractivity contribution in [2.24, 2.45) is 0 Å². The minimum absolute atomic E-state index is 0.0641. The highest BCUT2D eigenvalue weighted by molar-refractivity contribution is 6.33. The Morgan fingerprint density at radius 3 is 2.78 bits per heavy atom. The molecule has 1 aromatic carbocycles. The molecule has 1 unspecified atom stereocenters. The highest BCUT2D eigenvalue weighted by Crippen LogP contribution is 2.42. The first-order valence-corrected chi connectivity index (χ1v) is 9.81. The van der Waals surface area contributed by atoms with Gasteiger partial charge in [-0.05, 0) is 37.8 Å². The van der Waals surface area contributed by atoms with Crippen LogP contribution in [0.3, 0.4) is 0 Å². The molecule has 7 heteroatoms. The second-order valence-electron chi connectivity index (χ2n) is 6.59. The van der Waals surface area contributed by atoms with E-state index in [0.29, 0.717) is 10.8 Å². The van der Waals surface area contributed by atoms with Crippen LogP contribution in [0.15, 0.2) is 18.2 Å². The number of aromatic nitrogens is 2. The predicted octanol–water partition coefficient (Wildman–Crippen LogP) is 4.72. The summed E-state index contributed by atoms with van der Waals surface area (Å²) in [6.07, 6.45) is 2.68. The number of nitrogens with zero attached hydrogens (tertiary/aromatic N) is 3. The molecule has 1 aliphatic rings. The van der Waals surface area contributed by atoms with Crippen molar-refractivity contribution >= 4 is 28.9 Å². The average molecular weight is 391 g/mol. The van der Waals surface area contributed by atoms with Gasteiger partial charge >= 0.3 is 0 Å². The van der Waals surface area contributed by atoms with Crippen LogP contribution in [-0.2, 0) is 11.2 Å². The van der Waals surface area contributed by atoms with Crippen molar-refractivity contribution in [2.45, 2.75) is 46.3 Å². The highest BCUT2D eigenvalue weighted by atomic mass is 35.5. The van der Waals surface area contributed by atoms with Gasteiger partial charge in [0.15, 0.2) is 0 Å². The van der Waals surface area contributed by atoms with E-state index in [4.69, 9.17) is 21.1 Å². The molecule has 0 bridgehead atoms. The molecule has 1 atom stereocenters. The van der Waals surface area contributed by atoms with Crippen LogP contribution < -0.4 is 15.0 Å². The van der Waals surface area contributed by atoms with Gasteiger partial charge in [-0.1, -0.05) is 25.4 Å². The Hall–Kier alpha value is -2.05. The van der Waals surface area contributed by atoms with Crippen LogP contribution in [-0.4, -0.2) is 36.5 Å². The smallest absolute Gasteiger partial charge is 0.138 e. The minimum atomic E-state index is -0.0641. The fraction of sp³-hybridized carbons (Fsp3) is 0.500. The molecule has 0 spiro atoms. The van der Waals surface area contributed by atoms with Crippen molar-refractivity contribution < 1.29 is 9.47 Å². The summed E-state index contributed by atoms with van der Waals surface area (Å²) in [6.45, 7) is 7.63. The molecule has 0 radical (unpaired) electrons. The molecular weight excluding hydrogens is 364 g/mol. The van der Waals surface area contributed by atoms with Crippen molar-refractivity contribution in [3.8, 4) is 5.75 Å². The Bertz CT molecular complexity index is 800. The summed E-state index contributed by atoms with van der Waals surface area (Å²) in [4.78, 5) is 11.3. The number of ether oxygens (including phenoxy) is 2. The summed E-state index contributed by atoms with van der Waals surface area (Å²) in [5, 5.41) is 4.04. The van der Waals surface area contributed by atoms with Crippen LogP contribution in [0, 0.1) is 6.92 Å². The van der Waals surface area contributed by atoms with Crippen LogP contribution in [0.25, 0.3) is 0 Å². The molecular formula is C20H27ClN4O2. The summed E-state index contributed by atoms with van der Waals surface area (Å²) in [5.41, 5.74) is 2.17. The lowest BCUT2D eigenvalue weighted by atomic mass is 10.1. The molecule has 0 saturated carbocycles. The number of halogens is 1. The Labute approximate surface area is 165 Å². The number of rotatable bonds is 8. The number of hydrogen-bond acceptors (Lipinski definition) is 6. The van der Waals surface area contributed by atoms with E-state index in [-0.39, 0.29) is 6.23 Å². The molecule has 2 aromatic rings. The fourth-order valence-corrected chi connectivity index (χ4v) is 3.59. The summed E-state index contributed by atoms with van der Waals surface area (Å²) in [5.74, 6) is 3.08. The van der Waals surface area contributed by atoms with E-state index in [0.717, 1.165) is 55.5 Å². The molecule has 1 aromatic heterocycles. The normalized spacial score (nSPS) is 14.2. The van der Waals surface area contributed by atoms with Gasteiger partial charge in [0.2, 0.25) is 0 Å². The second kappa shape index (κ2) is 8.76. The molecule has 0 saturated heterocycles. The van der Waals surface area contributed by atoms with E-state index in [9.17, 15) is 0 Å². The zero-order valence-electron chi connectivity index (χ0n) is 16.4. The molecule has 3 rings (SSSR count). The number of nitrogens with one attached hydrogen (secondary N) is 1.